The molecule has 0 atom stereocenters. The quantitative estimate of drug-likeness (QED) is 0.541. The highest BCUT2D eigenvalue weighted by atomic mass is 31.2. The molecule has 4 N–H and O–H groups in total. The summed E-state index contributed by atoms with van der Waals surface area (Å²) in [6.45, 7) is 0. The molecule has 8 nitrogen and oxygen atoms in total. The second kappa shape index (κ2) is 5.25. The fraction of sp³-hybridized carbons (Fsp3) is 0.0833. The summed E-state index contributed by atoms with van der Waals surface area (Å²) in [6.07, 6.45) is 2.95. The zero-order valence-corrected chi connectivity index (χ0v) is 11.7. The lowest BCUT2D eigenvalue weighted by Gasteiger charge is -2.08. The molecule has 108 valence electrons. The number of pyridine rings is 1. The van der Waals surface area contributed by atoms with Crippen LogP contribution in [0.25, 0.3) is 22.8 Å². The average molecular weight is 305 g/mol. The molecular formula is C12H12N5O3P. The van der Waals surface area contributed by atoms with E-state index < -0.39 is 7.60 Å². The number of hydrogen-bond acceptors (Lipinski definition) is 4. The molecule has 3 aromatic heterocycles. The fourth-order valence-corrected chi connectivity index (χ4v) is 2.64. The highest BCUT2D eigenvalue weighted by Crippen LogP contribution is 2.40. The van der Waals surface area contributed by atoms with Gasteiger partial charge in [-0.1, -0.05) is 0 Å². The van der Waals surface area contributed by atoms with Crippen LogP contribution in [0, 0.1) is 0 Å². The normalized spacial score (nSPS) is 11.7. The number of hydrogen-bond donors (Lipinski definition) is 4. The van der Waals surface area contributed by atoms with E-state index in [0.29, 0.717) is 28.3 Å². The van der Waals surface area contributed by atoms with Crippen LogP contribution >= 0.6 is 7.60 Å². The molecule has 0 aliphatic heterocycles. The lowest BCUT2D eigenvalue weighted by atomic mass is 10.1. The predicted octanol–water partition coefficient (Wildman–Crippen LogP) is 1.54. The molecule has 0 aliphatic rings. The highest BCUT2D eigenvalue weighted by Gasteiger charge is 2.17. The molecule has 3 aromatic rings. The zero-order valence-electron chi connectivity index (χ0n) is 10.8. The van der Waals surface area contributed by atoms with Crippen LogP contribution in [0.1, 0.15) is 5.56 Å². The minimum atomic E-state index is -4.17. The number of aromatic amines is 2. The molecule has 0 spiro atoms. The van der Waals surface area contributed by atoms with Crippen LogP contribution < -0.4 is 0 Å². The molecule has 3 heterocycles. The molecule has 0 radical (unpaired) electrons. The van der Waals surface area contributed by atoms with Crippen molar-refractivity contribution in [2.24, 2.45) is 0 Å². The van der Waals surface area contributed by atoms with E-state index in [-0.39, 0.29) is 6.16 Å². The van der Waals surface area contributed by atoms with Gasteiger partial charge in [0.25, 0.3) is 0 Å². The lowest BCUT2D eigenvalue weighted by Crippen LogP contribution is -1.95. The Kier molecular flexibility index (Phi) is 3.42. The molecule has 0 aromatic carbocycles. The van der Waals surface area contributed by atoms with Gasteiger partial charge in [0.15, 0.2) is 0 Å². The van der Waals surface area contributed by atoms with Gasteiger partial charge < -0.3 is 9.79 Å². The molecule has 0 saturated heterocycles. The van der Waals surface area contributed by atoms with Gasteiger partial charge in [-0.25, -0.2) is 4.98 Å². The van der Waals surface area contributed by atoms with Gasteiger partial charge in [0.2, 0.25) is 0 Å². The molecule has 0 fully saturated rings. The number of rotatable bonds is 4. The smallest absolute Gasteiger partial charge is 0.324 e. The summed E-state index contributed by atoms with van der Waals surface area (Å²) in [5.41, 5.74) is 2.73. The van der Waals surface area contributed by atoms with Crippen molar-refractivity contribution in [3.8, 4) is 22.8 Å². The maximum absolute atomic E-state index is 11.2. The van der Waals surface area contributed by atoms with Crippen LogP contribution in [-0.4, -0.2) is 35.2 Å². The maximum Gasteiger partial charge on any atom is 0.329 e. The highest BCUT2D eigenvalue weighted by molar-refractivity contribution is 7.50. The molecule has 0 bridgehead atoms. The number of nitrogens with one attached hydrogen (secondary N) is 2. The third kappa shape index (κ3) is 3.25. The van der Waals surface area contributed by atoms with E-state index in [0.717, 1.165) is 0 Å². The minimum absolute atomic E-state index is 0.357. The number of aromatic nitrogens is 5. The molecule has 0 unspecified atom stereocenters. The van der Waals surface area contributed by atoms with Gasteiger partial charge >= 0.3 is 7.60 Å². The van der Waals surface area contributed by atoms with Crippen LogP contribution in [0.4, 0.5) is 0 Å². The summed E-state index contributed by atoms with van der Waals surface area (Å²) >= 11 is 0. The summed E-state index contributed by atoms with van der Waals surface area (Å²) in [7, 11) is -4.17. The van der Waals surface area contributed by atoms with E-state index >= 15 is 0 Å². The summed E-state index contributed by atoms with van der Waals surface area (Å²) < 4.78 is 11.2. The third-order valence-electron chi connectivity index (χ3n) is 2.80. The topological polar surface area (TPSA) is 128 Å². The molecule has 3 rings (SSSR count). The molecule has 9 heteroatoms. The van der Waals surface area contributed by atoms with Gasteiger partial charge in [-0.15, -0.1) is 0 Å². The summed E-state index contributed by atoms with van der Waals surface area (Å²) in [5.74, 6) is 0. The largest absolute Gasteiger partial charge is 0.329 e. The second-order valence-corrected chi connectivity index (χ2v) is 6.13. The van der Waals surface area contributed by atoms with Crippen LogP contribution in [0.2, 0.25) is 0 Å². The minimum Gasteiger partial charge on any atom is -0.324 e. The summed E-state index contributed by atoms with van der Waals surface area (Å²) in [5, 5.41) is 13.4. The fourth-order valence-electron chi connectivity index (χ4n) is 1.98. The first-order valence-electron chi connectivity index (χ1n) is 6.07. The number of H-pyrrole nitrogens is 2. The Bertz CT molecular complexity index is 727. The lowest BCUT2D eigenvalue weighted by molar-refractivity contribution is 0.372. The Labute approximate surface area is 119 Å². The van der Waals surface area contributed by atoms with Crippen LogP contribution in [0.3, 0.4) is 0 Å². The Morgan fingerprint density at radius 2 is 1.48 bits per heavy atom. The van der Waals surface area contributed by atoms with E-state index in [4.69, 9.17) is 9.79 Å². The second-order valence-electron chi connectivity index (χ2n) is 4.49. The molecule has 21 heavy (non-hydrogen) atoms. The van der Waals surface area contributed by atoms with E-state index in [1.165, 1.54) is 0 Å². The molecule has 0 amide bonds. The Morgan fingerprint density at radius 3 is 1.86 bits per heavy atom. The van der Waals surface area contributed by atoms with Crippen molar-refractivity contribution in [2.75, 3.05) is 0 Å². The van der Waals surface area contributed by atoms with Crippen molar-refractivity contribution in [3.63, 3.8) is 0 Å². The first kappa shape index (κ1) is 13.7. The van der Waals surface area contributed by atoms with Crippen molar-refractivity contribution < 1.29 is 14.4 Å². The van der Waals surface area contributed by atoms with E-state index in [1.54, 1.807) is 36.7 Å². The van der Waals surface area contributed by atoms with Crippen LogP contribution in [0.15, 0.2) is 36.7 Å². The Balaban J connectivity index is 2.10. The van der Waals surface area contributed by atoms with Gasteiger partial charge in [0.1, 0.15) is 11.4 Å². The van der Waals surface area contributed by atoms with Crippen LogP contribution in [0.5, 0.6) is 0 Å². The van der Waals surface area contributed by atoms with Crippen molar-refractivity contribution in [1.29, 1.82) is 0 Å². The molecule has 0 saturated carbocycles. The Morgan fingerprint density at radius 1 is 0.952 bits per heavy atom. The average Bonchev–Trinajstić information content (AvgIpc) is 3.10. The first-order valence-corrected chi connectivity index (χ1v) is 7.87. The monoisotopic (exact) mass is 305 g/mol. The van der Waals surface area contributed by atoms with Gasteiger partial charge in [-0.05, 0) is 29.8 Å². The van der Waals surface area contributed by atoms with Gasteiger partial charge in [-0.2, -0.15) is 10.2 Å². The van der Waals surface area contributed by atoms with Crippen LogP contribution in [-0.2, 0) is 10.7 Å². The standard InChI is InChI=1S/C12H12N5O3P/c18-21(19,20)7-8-5-11(9-1-3-13-16-9)15-12(6-8)10-2-4-14-17-10/h1-6H,7H2,(H,13,16)(H,14,17)(H2,18,19,20). The third-order valence-corrected chi connectivity index (χ3v) is 3.58. The predicted molar refractivity (Wildman–Crippen MR) is 75.1 cm³/mol. The number of nitrogens with zero attached hydrogens (tertiary/aromatic N) is 3. The summed E-state index contributed by atoms with van der Waals surface area (Å²) in [4.78, 5) is 22.8. The molecular weight excluding hydrogens is 293 g/mol. The van der Waals surface area contributed by atoms with Crippen molar-refractivity contribution in [1.82, 2.24) is 25.4 Å². The van der Waals surface area contributed by atoms with Crippen molar-refractivity contribution >= 4 is 7.60 Å². The van der Waals surface area contributed by atoms with Gasteiger partial charge in [0, 0.05) is 12.4 Å². The SMILES string of the molecule is O=P(O)(O)Cc1cc(-c2cc[nH]n2)nc(-c2cc[nH]n2)c1. The van der Waals surface area contributed by atoms with E-state index in [1.807, 2.05) is 0 Å². The zero-order chi connectivity index (χ0) is 14.9. The maximum atomic E-state index is 11.2. The van der Waals surface area contributed by atoms with Crippen molar-refractivity contribution in [3.05, 3.63) is 42.2 Å². The van der Waals surface area contributed by atoms with Gasteiger partial charge in [-0.3, -0.25) is 14.8 Å². The van der Waals surface area contributed by atoms with Gasteiger partial charge in [0.05, 0.1) is 17.5 Å². The Hall–Kier alpha value is -2.28. The molecule has 0 aliphatic carbocycles. The van der Waals surface area contributed by atoms with Crippen molar-refractivity contribution in [2.45, 2.75) is 6.16 Å². The summed E-state index contributed by atoms with van der Waals surface area (Å²) in [6, 6.07) is 6.70. The first-order chi connectivity index (χ1) is 10.0. The van der Waals surface area contributed by atoms with E-state index in [2.05, 4.69) is 25.4 Å². The van der Waals surface area contributed by atoms with E-state index in [9.17, 15) is 4.57 Å².